The summed E-state index contributed by atoms with van der Waals surface area (Å²) in [6.07, 6.45) is 1.46. The molecule has 35 heavy (non-hydrogen) atoms. The standard InChI is InChI=1S/C24H19FN6O4/c1-30-18-10-14(6-7-20(18)35-24(30)34)12-26-22(32)17-11-19(31-21(29-17)8-9-28-31)23(33)27-13-15-4-2-3-5-16(15)25/h2-11H,12-13H2,1H3,(H,26,32)(H,27,33). The minimum atomic E-state index is -0.537. The van der Waals surface area contributed by atoms with Crippen molar-refractivity contribution in [3.05, 3.63) is 99.7 Å². The summed E-state index contributed by atoms with van der Waals surface area (Å²) < 4.78 is 21.7. The third-order valence-corrected chi connectivity index (χ3v) is 5.53. The molecule has 10 nitrogen and oxygen atoms in total. The van der Waals surface area contributed by atoms with Gasteiger partial charge in [-0.25, -0.2) is 18.7 Å². The number of amides is 2. The smallest absolute Gasteiger partial charge is 0.408 e. The van der Waals surface area contributed by atoms with E-state index in [0.29, 0.717) is 22.3 Å². The summed E-state index contributed by atoms with van der Waals surface area (Å²) in [5.74, 6) is -1.94. The van der Waals surface area contributed by atoms with Crippen LogP contribution in [-0.4, -0.2) is 31.0 Å². The number of oxazole rings is 1. The van der Waals surface area contributed by atoms with Gasteiger partial charge in [0.2, 0.25) is 0 Å². The second-order valence-electron chi connectivity index (χ2n) is 7.81. The lowest BCUT2D eigenvalue weighted by Gasteiger charge is -2.10. The van der Waals surface area contributed by atoms with Gasteiger partial charge in [-0.1, -0.05) is 24.3 Å². The van der Waals surface area contributed by atoms with Crippen molar-refractivity contribution in [2.24, 2.45) is 7.05 Å². The first-order chi connectivity index (χ1) is 16.9. The quantitative estimate of drug-likeness (QED) is 0.389. The first kappa shape index (κ1) is 22.0. The molecule has 176 valence electrons. The van der Waals surface area contributed by atoms with Gasteiger partial charge in [-0.15, -0.1) is 0 Å². The number of halogens is 1. The van der Waals surface area contributed by atoms with Crippen LogP contribution in [0.1, 0.15) is 32.1 Å². The van der Waals surface area contributed by atoms with Crippen LogP contribution in [0.4, 0.5) is 4.39 Å². The molecule has 0 bridgehead atoms. The van der Waals surface area contributed by atoms with Gasteiger partial charge in [0.25, 0.3) is 11.8 Å². The van der Waals surface area contributed by atoms with Gasteiger partial charge in [0, 0.05) is 37.8 Å². The van der Waals surface area contributed by atoms with E-state index < -0.39 is 23.4 Å². The van der Waals surface area contributed by atoms with E-state index >= 15 is 0 Å². The van der Waals surface area contributed by atoms with E-state index in [9.17, 15) is 18.8 Å². The molecule has 0 saturated carbocycles. The van der Waals surface area contributed by atoms with E-state index in [2.05, 4.69) is 20.7 Å². The van der Waals surface area contributed by atoms with E-state index in [1.165, 1.54) is 27.4 Å². The molecule has 0 spiro atoms. The largest absolute Gasteiger partial charge is 0.419 e. The van der Waals surface area contributed by atoms with Crippen LogP contribution in [-0.2, 0) is 20.1 Å². The first-order valence-corrected chi connectivity index (χ1v) is 10.6. The first-order valence-electron chi connectivity index (χ1n) is 10.6. The van der Waals surface area contributed by atoms with Crippen LogP contribution in [0.3, 0.4) is 0 Å². The topological polar surface area (TPSA) is 124 Å². The van der Waals surface area contributed by atoms with Gasteiger partial charge in [-0.3, -0.25) is 14.2 Å². The van der Waals surface area contributed by atoms with E-state index in [-0.39, 0.29) is 24.5 Å². The van der Waals surface area contributed by atoms with Gasteiger partial charge in [0.1, 0.15) is 17.2 Å². The molecular weight excluding hydrogens is 455 g/mol. The number of rotatable bonds is 6. The van der Waals surface area contributed by atoms with Crippen molar-refractivity contribution in [1.82, 2.24) is 29.8 Å². The van der Waals surface area contributed by atoms with Gasteiger partial charge >= 0.3 is 5.76 Å². The maximum absolute atomic E-state index is 13.9. The van der Waals surface area contributed by atoms with E-state index in [4.69, 9.17) is 4.42 Å². The lowest BCUT2D eigenvalue weighted by Crippen LogP contribution is -2.28. The number of nitrogens with one attached hydrogen (secondary N) is 2. The Morgan fingerprint density at radius 3 is 2.66 bits per heavy atom. The Morgan fingerprint density at radius 1 is 1.03 bits per heavy atom. The van der Waals surface area contributed by atoms with E-state index in [1.54, 1.807) is 49.5 Å². The van der Waals surface area contributed by atoms with Crippen molar-refractivity contribution in [2.45, 2.75) is 13.1 Å². The van der Waals surface area contributed by atoms with Crippen molar-refractivity contribution in [1.29, 1.82) is 0 Å². The highest BCUT2D eigenvalue weighted by Gasteiger charge is 2.18. The number of carbonyl (C=O) groups is 2. The Balaban J connectivity index is 1.35. The lowest BCUT2D eigenvalue weighted by atomic mass is 10.2. The zero-order valence-electron chi connectivity index (χ0n) is 18.5. The Hall–Kier alpha value is -4.80. The summed E-state index contributed by atoms with van der Waals surface area (Å²) in [5, 5.41) is 9.51. The number of aryl methyl sites for hydroxylation is 1. The van der Waals surface area contributed by atoms with Crippen LogP contribution in [0.2, 0.25) is 0 Å². The predicted octanol–water partition coefficient (Wildman–Crippen LogP) is 2.17. The fourth-order valence-electron chi connectivity index (χ4n) is 3.65. The second-order valence-corrected chi connectivity index (χ2v) is 7.81. The maximum Gasteiger partial charge on any atom is 0.419 e. The minimum Gasteiger partial charge on any atom is -0.408 e. The fraction of sp³-hybridized carbons (Fsp3) is 0.125. The SMILES string of the molecule is Cn1c(=O)oc2ccc(CNC(=O)c3cc(C(=O)NCc4ccccc4F)n4nccc4n3)cc21. The minimum absolute atomic E-state index is 0.0193. The van der Waals surface area contributed by atoms with Crippen LogP contribution >= 0.6 is 0 Å². The third-order valence-electron chi connectivity index (χ3n) is 5.53. The molecule has 3 heterocycles. The number of benzene rings is 2. The molecule has 2 aromatic carbocycles. The number of fused-ring (bicyclic) bond motifs is 2. The fourth-order valence-corrected chi connectivity index (χ4v) is 3.65. The van der Waals surface area contributed by atoms with Crippen molar-refractivity contribution < 1.29 is 18.4 Å². The Morgan fingerprint density at radius 2 is 1.83 bits per heavy atom. The normalized spacial score (nSPS) is 11.1. The van der Waals surface area contributed by atoms with Gasteiger partial charge < -0.3 is 15.1 Å². The average Bonchev–Trinajstić information content (AvgIpc) is 3.45. The van der Waals surface area contributed by atoms with Gasteiger partial charge in [-0.2, -0.15) is 5.10 Å². The molecule has 3 aromatic heterocycles. The number of nitrogens with zero attached hydrogens (tertiary/aromatic N) is 4. The molecule has 5 rings (SSSR count). The molecule has 0 unspecified atom stereocenters. The summed E-state index contributed by atoms with van der Waals surface area (Å²) in [6.45, 7) is 0.131. The highest BCUT2D eigenvalue weighted by Crippen LogP contribution is 2.15. The molecule has 2 N–H and O–H groups in total. The summed E-state index contributed by atoms with van der Waals surface area (Å²) in [6, 6.07) is 14.2. The van der Waals surface area contributed by atoms with Crippen LogP contribution in [0.5, 0.6) is 0 Å². The highest BCUT2D eigenvalue weighted by molar-refractivity contribution is 5.98. The van der Waals surface area contributed by atoms with Gasteiger partial charge in [0.15, 0.2) is 11.2 Å². The van der Waals surface area contributed by atoms with Crippen LogP contribution < -0.4 is 16.4 Å². The average molecular weight is 474 g/mol. The van der Waals surface area contributed by atoms with Crippen molar-refractivity contribution in [2.75, 3.05) is 0 Å². The molecule has 0 atom stereocenters. The maximum atomic E-state index is 13.9. The number of carbonyl (C=O) groups excluding carboxylic acids is 2. The Kier molecular flexibility index (Phi) is 5.57. The molecule has 2 amide bonds. The molecular formula is C24H19FN6O4. The third kappa shape index (κ3) is 4.26. The zero-order valence-corrected chi connectivity index (χ0v) is 18.5. The lowest BCUT2D eigenvalue weighted by molar-refractivity contribution is 0.0942. The molecule has 0 fully saturated rings. The summed E-state index contributed by atoms with van der Waals surface area (Å²) >= 11 is 0. The van der Waals surface area contributed by atoms with Crippen LogP contribution in [0.15, 0.2) is 70.0 Å². The number of aromatic nitrogens is 4. The number of hydrogen-bond donors (Lipinski definition) is 2. The Labute approximate surface area is 197 Å². The molecule has 0 radical (unpaired) electrons. The van der Waals surface area contributed by atoms with Gasteiger partial charge in [-0.05, 0) is 23.8 Å². The molecule has 0 aliphatic carbocycles. The van der Waals surface area contributed by atoms with E-state index in [1.807, 2.05) is 0 Å². The predicted molar refractivity (Wildman–Crippen MR) is 123 cm³/mol. The highest BCUT2D eigenvalue weighted by atomic mass is 19.1. The summed E-state index contributed by atoms with van der Waals surface area (Å²) in [5.41, 5.74) is 2.54. The zero-order chi connectivity index (χ0) is 24.5. The summed E-state index contributed by atoms with van der Waals surface area (Å²) in [4.78, 5) is 41.7. The van der Waals surface area contributed by atoms with Gasteiger partial charge in [0.05, 0.1) is 11.7 Å². The molecule has 0 aliphatic rings. The van der Waals surface area contributed by atoms with Crippen LogP contribution in [0.25, 0.3) is 16.7 Å². The monoisotopic (exact) mass is 474 g/mol. The van der Waals surface area contributed by atoms with E-state index in [0.717, 1.165) is 5.56 Å². The number of hydrogen-bond acceptors (Lipinski definition) is 6. The Bertz CT molecular complexity index is 1650. The van der Waals surface area contributed by atoms with Crippen molar-refractivity contribution >= 4 is 28.6 Å². The summed E-state index contributed by atoms with van der Waals surface area (Å²) in [7, 11) is 1.60. The van der Waals surface area contributed by atoms with Crippen LogP contribution in [0, 0.1) is 5.82 Å². The molecule has 5 aromatic rings. The van der Waals surface area contributed by atoms with Crippen molar-refractivity contribution in [3.63, 3.8) is 0 Å². The van der Waals surface area contributed by atoms with Crippen molar-refractivity contribution in [3.8, 4) is 0 Å². The molecule has 0 aliphatic heterocycles. The second kappa shape index (κ2) is 8.86. The molecule has 11 heteroatoms. The molecule has 0 saturated heterocycles.